The van der Waals surface area contributed by atoms with E-state index in [0.29, 0.717) is 17.7 Å². The van der Waals surface area contributed by atoms with E-state index >= 15 is 0 Å². The fourth-order valence-electron chi connectivity index (χ4n) is 2.91. The van der Waals surface area contributed by atoms with Crippen molar-refractivity contribution >= 4 is 11.6 Å². The van der Waals surface area contributed by atoms with Gasteiger partial charge in [0.1, 0.15) is 11.6 Å². The molecule has 0 saturated heterocycles. The summed E-state index contributed by atoms with van der Waals surface area (Å²) < 4.78 is 19.1. The SMILES string of the molecule is CC(Nc1cccc(F)c1)c1cc(C(=O)N(C)C)cc2c1OC=CC2. The highest BCUT2D eigenvalue weighted by Gasteiger charge is 2.21. The number of hydrogen-bond donors (Lipinski definition) is 1. The quantitative estimate of drug-likeness (QED) is 0.909. The molecule has 0 aliphatic carbocycles. The Morgan fingerprint density at radius 3 is 2.80 bits per heavy atom. The molecule has 1 aliphatic heterocycles. The van der Waals surface area contributed by atoms with Crippen molar-refractivity contribution in [3.63, 3.8) is 0 Å². The number of amides is 1. The van der Waals surface area contributed by atoms with E-state index in [1.165, 1.54) is 12.1 Å². The van der Waals surface area contributed by atoms with Crippen LogP contribution in [0.4, 0.5) is 10.1 Å². The van der Waals surface area contributed by atoms with Crippen LogP contribution in [-0.4, -0.2) is 24.9 Å². The second kappa shape index (κ2) is 6.97. The van der Waals surface area contributed by atoms with Gasteiger partial charge >= 0.3 is 0 Å². The van der Waals surface area contributed by atoms with Crippen molar-refractivity contribution in [2.24, 2.45) is 0 Å². The van der Waals surface area contributed by atoms with Gasteiger partial charge in [-0.25, -0.2) is 4.39 Å². The van der Waals surface area contributed by atoms with E-state index in [0.717, 1.165) is 16.9 Å². The lowest BCUT2D eigenvalue weighted by Gasteiger charge is -2.24. The van der Waals surface area contributed by atoms with Crippen LogP contribution in [0.2, 0.25) is 0 Å². The molecule has 1 N–H and O–H groups in total. The van der Waals surface area contributed by atoms with E-state index < -0.39 is 0 Å². The third-order valence-electron chi connectivity index (χ3n) is 4.14. The van der Waals surface area contributed by atoms with E-state index in [9.17, 15) is 9.18 Å². The molecule has 1 atom stereocenters. The van der Waals surface area contributed by atoms with Crippen molar-refractivity contribution in [2.45, 2.75) is 19.4 Å². The first kappa shape index (κ1) is 17.0. The predicted octanol–water partition coefficient (Wildman–Crippen LogP) is 4.15. The fourth-order valence-corrected chi connectivity index (χ4v) is 2.91. The van der Waals surface area contributed by atoms with Gasteiger partial charge in [-0.3, -0.25) is 4.79 Å². The van der Waals surface area contributed by atoms with Gasteiger partial charge in [-0.1, -0.05) is 6.07 Å². The Bertz CT molecular complexity index is 830. The molecule has 1 heterocycles. The number of rotatable bonds is 4. The largest absolute Gasteiger partial charge is 0.465 e. The first-order valence-corrected chi connectivity index (χ1v) is 8.18. The Hall–Kier alpha value is -2.82. The number of carbonyl (C=O) groups is 1. The minimum atomic E-state index is -0.296. The normalized spacial score (nSPS) is 13.6. The maximum Gasteiger partial charge on any atom is 0.253 e. The summed E-state index contributed by atoms with van der Waals surface area (Å²) >= 11 is 0. The molecule has 0 radical (unpaired) electrons. The van der Waals surface area contributed by atoms with Gasteiger partial charge in [0.05, 0.1) is 12.3 Å². The molecule has 25 heavy (non-hydrogen) atoms. The number of anilines is 1. The summed E-state index contributed by atoms with van der Waals surface area (Å²) in [7, 11) is 3.46. The minimum absolute atomic E-state index is 0.0587. The molecule has 5 heteroatoms. The van der Waals surface area contributed by atoms with E-state index in [1.54, 1.807) is 31.3 Å². The van der Waals surface area contributed by atoms with Crippen LogP contribution in [0.1, 0.15) is 34.5 Å². The maximum atomic E-state index is 13.4. The highest BCUT2D eigenvalue weighted by molar-refractivity contribution is 5.94. The number of nitrogens with one attached hydrogen (secondary N) is 1. The average Bonchev–Trinajstić information content (AvgIpc) is 2.60. The van der Waals surface area contributed by atoms with Gasteiger partial charge < -0.3 is 15.0 Å². The molecule has 3 rings (SSSR count). The van der Waals surface area contributed by atoms with Crippen molar-refractivity contribution in [3.05, 3.63) is 71.2 Å². The van der Waals surface area contributed by atoms with Crippen LogP contribution >= 0.6 is 0 Å². The van der Waals surface area contributed by atoms with Gasteiger partial charge in [-0.15, -0.1) is 0 Å². The standard InChI is InChI=1S/C20H21FN2O2/c1-13(22-17-8-4-7-16(21)12-17)18-11-15(20(24)23(2)3)10-14-6-5-9-25-19(14)18/h4-5,7-13,22H,6H2,1-3H3. The molecule has 0 fully saturated rings. The van der Waals surface area contributed by atoms with Gasteiger partial charge in [0.15, 0.2) is 0 Å². The molecule has 2 aromatic carbocycles. The third-order valence-corrected chi connectivity index (χ3v) is 4.14. The Kier molecular flexibility index (Phi) is 4.74. The average molecular weight is 340 g/mol. The van der Waals surface area contributed by atoms with E-state index in [-0.39, 0.29) is 17.8 Å². The minimum Gasteiger partial charge on any atom is -0.465 e. The Morgan fingerprint density at radius 2 is 2.08 bits per heavy atom. The first-order chi connectivity index (χ1) is 12.0. The van der Waals surface area contributed by atoms with E-state index in [4.69, 9.17) is 4.74 Å². The molecule has 0 spiro atoms. The van der Waals surface area contributed by atoms with Gasteiger partial charge in [0.2, 0.25) is 0 Å². The zero-order valence-corrected chi connectivity index (χ0v) is 14.5. The first-order valence-electron chi connectivity index (χ1n) is 8.18. The van der Waals surface area contributed by atoms with Gasteiger partial charge in [-0.05, 0) is 55.3 Å². The number of ether oxygens (including phenoxy) is 1. The molecule has 1 aliphatic rings. The zero-order chi connectivity index (χ0) is 18.0. The van der Waals surface area contributed by atoms with Crippen LogP contribution in [0.5, 0.6) is 5.75 Å². The zero-order valence-electron chi connectivity index (χ0n) is 14.5. The molecule has 1 amide bonds. The molecular weight excluding hydrogens is 319 g/mol. The van der Waals surface area contributed by atoms with Gasteiger partial charge in [0, 0.05) is 30.9 Å². The number of halogens is 1. The van der Waals surface area contributed by atoms with Crippen molar-refractivity contribution in [1.29, 1.82) is 0 Å². The Labute approximate surface area is 146 Å². The van der Waals surface area contributed by atoms with Crippen molar-refractivity contribution in [2.75, 3.05) is 19.4 Å². The number of benzene rings is 2. The van der Waals surface area contributed by atoms with E-state index in [1.807, 2.05) is 31.2 Å². The second-order valence-corrected chi connectivity index (χ2v) is 6.32. The summed E-state index contributed by atoms with van der Waals surface area (Å²) in [6, 6.07) is 9.88. The van der Waals surface area contributed by atoms with Crippen LogP contribution in [0, 0.1) is 5.82 Å². The topological polar surface area (TPSA) is 41.6 Å². The highest BCUT2D eigenvalue weighted by Crippen LogP contribution is 2.35. The molecule has 0 aromatic heterocycles. The number of nitrogens with zero attached hydrogens (tertiary/aromatic N) is 1. The van der Waals surface area contributed by atoms with Crippen molar-refractivity contribution in [3.8, 4) is 5.75 Å². The van der Waals surface area contributed by atoms with E-state index in [2.05, 4.69) is 5.32 Å². The third kappa shape index (κ3) is 3.65. The monoisotopic (exact) mass is 340 g/mol. The lowest BCUT2D eigenvalue weighted by atomic mass is 9.96. The number of carbonyl (C=O) groups excluding carboxylic acids is 1. The molecule has 4 nitrogen and oxygen atoms in total. The Morgan fingerprint density at radius 1 is 1.28 bits per heavy atom. The van der Waals surface area contributed by atoms with Gasteiger partial charge in [0.25, 0.3) is 5.91 Å². The molecule has 0 saturated carbocycles. The smallest absolute Gasteiger partial charge is 0.253 e. The fraction of sp³-hybridized carbons (Fsp3) is 0.250. The number of allylic oxidation sites excluding steroid dienone is 1. The predicted molar refractivity (Wildman–Crippen MR) is 96.4 cm³/mol. The van der Waals surface area contributed by atoms with Crippen LogP contribution in [0.15, 0.2) is 48.7 Å². The maximum absolute atomic E-state index is 13.4. The summed E-state index contributed by atoms with van der Waals surface area (Å²) in [6.45, 7) is 1.96. The molecular formula is C20H21FN2O2. The summed E-state index contributed by atoms with van der Waals surface area (Å²) in [5.74, 6) is 0.403. The van der Waals surface area contributed by atoms with Crippen LogP contribution in [-0.2, 0) is 6.42 Å². The van der Waals surface area contributed by atoms with Crippen LogP contribution in [0.25, 0.3) is 0 Å². The molecule has 2 aromatic rings. The van der Waals surface area contributed by atoms with Crippen molar-refractivity contribution in [1.82, 2.24) is 4.90 Å². The molecule has 1 unspecified atom stereocenters. The highest BCUT2D eigenvalue weighted by atomic mass is 19.1. The summed E-state index contributed by atoms with van der Waals surface area (Å²) in [4.78, 5) is 14.0. The van der Waals surface area contributed by atoms with Crippen molar-refractivity contribution < 1.29 is 13.9 Å². The summed E-state index contributed by atoms with van der Waals surface area (Å²) in [6.07, 6.45) is 4.29. The lowest BCUT2D eigenvalue weighted by Crippen LogP contribution is -2.23. The molecule has 0 bridgehead atoms. The second-order valence-electron chi connectivity index (χ2n) is 6.32. The number of fused-ring (bicyclic) bond motifs is 1. The summed E-state index contributed by atoms with van der Waals surface area (Å²) in [5, 5.41) is 3.28. The summed E-state index contributed by atoms with van der Waals surface area (Å²) in [5.41, 5.74) is 3.14. The lowest BCUT2D eigenvalue weighted by molar-refractivity contribution is 0.0827. The van der Waals surface area contributed by atoms with Crippen LogP contribution in [0.3, 0.4) is 0 Å². The van der Waals surface area contributed by atoms with Crippen LogP contribution < -0.4 is 10.1 Å². The Balaban J connectivity index is 1.98. The number of hydrogen-bond acceptors (Lipinski definition) is 3. The molecule has 130 valence electrons. The van der Waals surface area contributed by atoms with Gasteiger partial charge in [-0.2, -0.15) is 0 Å².